The van der Waals surface area contributed by atoms with Crippen molar-refractivity contribution in [1.29, 1.82) is 0 Å². The highest BCUT2D eigenvalue weighted by atomic mass is 32.2. The summed E-state index contributed by atoms with van der Waals surface area (Å²) in [5, 5.41) is 44.2. The molecule has 0 aliphatic rings. The van der Waals surface area contributed by atoms with Crippen LogP contribution in [-0.4, -0.2) is 116 Å². The van der Waals surface area contributed by atoms with Crippen LogP contribution < -0.4 is 0 Å². The second-order valence-corrected chi connectivity index (χ2v) is 25.3. The average Bonchev–Trinajstić information content (AvgIpc) is 3.38. The van der Waals surface area contributed by atoms with Crippen LogP contribution in [0.2, 0.25) is 0 Å². The van der Waals surface area contributed by atoms with Gasteiger partial charge < -0.3 is 20.4 Å². The number of nitrogens with zero attached hydrogens (tertiary/aromatic N) is 2. The molecule has 0 heterocycles. The highest BCUT2D eigenvalue weighted by Gasteiger charge is 2.19. The van der Waals surface area contributed by atoms with Crippen LogP contribution >= 0.6 is 23.5 Å². The van der Waals surface area contributed by atoms with Gasteiger partial charge in [0.05, 0.1) is 24.4 Å². The van der Waals surface area contributed by atoms with Crippen molar-refractivity contribution in [2.24, 2.45) is 0 Å². The summed E-state index contributed by atoms with van der Waals surface area (Å²) in [6.45, 7) is 13.9. The minimum absolute atomic E-state index is 0.118. The molecular formula is C65H128N2O6S2. The molecule has 4 N–H and O–H groups in total. The van der Waals surface area contributed by atoms with Gasteiger partial charge in [-0.05, 0) is 38.7 Å². The Morgan fingerprint density at radius 1 is 0.347 bits per heavy atom. The molecule has 0 aliphatic carbocycles. The molecule has 4 atom stereocenters. The number of aliphatic hydroxyl groups is 4. The van der Waals surface area contributed by atoms with Crippen molar-refractivity contribution in [2.75, 3.05) is 50.8 Å². The van der Waals surface area contributed by atoms with Gasteiger partial charge in [-0.15, -0.1) is 0 Å². The monoisotopic (exact) mass is 1100 g/mol. The Hall–Kier alpha value is -0.460. The predicted octanol–water partition coefficient (Wildman–Crippen LogP) is 17.7. The number of unbranched alkanes of at least 4 members (excludes halogenated alkanes) is 36. The normalized spacial score (nSPS) is 13.8. The summed E-state index contributed by atoms with van der Waals surface area (Å²) in [5.74, 6) is 1.05. The van der Waals surface area contributed by atoms with E-state index < -0.39 is 24.4 Å². The Bertz CT molecular complexity index is 1180. The molecule has 8 nitrogen and oxygen atoms in total. The molecule has 0 aromatic rings. The smallest absolute Gasteiger partial charge is 0.215 e. The first-order valence-electron chi connectivity index (χ1n) is 32.7. The lowest BCUT2D eigenvalue weighted by Crippen LogP contribution is -2.39. The van der Waals surface area contributed by atoms with E-state index in [1.807, 2.05) is 0 Å². The Balaban J connectivity index is 5.16. The standard InChI is InChI=1S/C65H128N2O6S2/c1-6-10-14-18-22-26-30-34-38-42-46-60(68)55-66(56-61(69)47-43-39-35-31-27-23-19-15-11-7-2)50-52-74-64(72)54-59(5)65(73)75-53-51-67(57-62(70)48-44-40-36-32-28-24-20-16-12-8-3)58-63(71)49-45-41-37-33-29-25-21-17-13-9-4/h54,60-63,68-71H,6-53,55-58H2,1-5H3/b59-54-. The zero-order valence-corrected chi connectivity index (χ0v) is 52.1. The van der Waals surface area contributed by atoms with Gasteiger partial charge in [0.25, 0.3) is 0 Å². The van der Waals surface area contributed by atoms with Crippen LogP contribution in [0.15, 0.2) is 11.6 Å². The molecule has 0 aromatic carbocycles. The molecule has 0 spiro atoms. The lowest BCUT2D eigenvalue weighted by Gasteiger charge is -2.27. The number of carbonyl (C=O) groups excluding carboxylic acids is 2. The van der Waals surface area contributed by atoms with Crippen molar-refractivity contribution in [3.63, 3.8) is 0 Å². The van der Waals surface area contributed by atoms with Crippen molar-refractivity contribution in [1.82, 2.24) is 9.80 Å². The van der Waals surface area contributed by atoms with E-state index in [1.54, 1.807) is 6.92 Å². The molecule has 0 saturated carbocycles. The van der Waals surface area contributed by atoms with Crippen LogP contribution in [0, 0.1) is 0 Å². The molecule has 0 radical (unpaired) electrons. The van der Waals surface area contributed by atoms with E-state index in [-0.39, 0.29) is 10.2 Å². The molecule has 0 aliphatic heterocycles. The van der Waals surface area contributed by atoms with E-state index in [2.05, 4.69) is 37.5 Å². The average molecular weight is 1100 g/mol. The predicted molar refractivity (Wildman–Crippen MR) is 331 cm³/mol. The van der Waals surface area contributed by atoms with Gasteiger partial charge in [0.15, 0.2) is 0 Å². The topological polar surface area (TPSA) is 122 Å². The van der Waals surface area contributed by atoms with Crippen LogP contribution in [0.1, 0.15) is 317 Å². The Morgan fingerprint density at radius 3 is 0.800 bits per heavy atom. The summed E-state index contributed by atoms with van der Waals surface area (Å²) in [6, 6.07) is 0. The molecule has 0 aromatic heterocycles. The fourth-order valence-electron chi connectivity index (χ4n) is 10.5. The maximum Gasteiger partial charge on any atom is 0.215 e. The van der Waals surface area contributed by atoms with Crippen molar-refractivity contribution in [2.45, 2.75) is 342 Å². The third kappa shape index (κ3) is 53.9. The van der Waals surface area contributed by atoms with Crippen LogP contribution in [0.3, 0.4) is 0 Å². The van der Waals surface area contributed by atoms with Crippen molar-refractivity contribution in [3.8, 4) is 0 Å². The molecule has 4 unspecified atom stereocenters. The Labute approximate surface area is 475 Å². The number of carbonyl (C=O) groups is 2. The lowest BCUT2D eigenvalue weighted by atomic mass is 10.0. The minimum atomic E-state index is -0.461. The first kappa shape index (κ1) is 74.5. The summed E-state index contributed by atoms with van der Waals surface area (Å²) in [4.78, 5) is 30.8. The van der Waals surface area contributed by atoms with Crippen molar-refractivity contribution < 1.29 is 30.0 Å². The number of thioether (sulfide) groups is 2. The van der Waals surface area contributed by atoms with E-state index in [9.17, 15) is 30.0 Å². The highest BCUT2D eigenvalue weighted by Crippen LogP contribution is 2.20. The van der Waals surface area contributed by atoms with Crippen molar-refractivity contribution >= 4 is 33.8 Å². The Kier molecular flexibility index (Phi) is 57.8. The zero-order valence-electron chi connectivity index (χ0n) is 50.5. The maximum absolute atomic E-state index is 13.3. The third-order valence-corrected chi connectivity index (χ3v) is 17.1. The van der Waals surface area contributed by atoms with Crippen molar-refractivity contribution in [3.05, 3.63) is 11.6 Å². The molecule has 75 heavy (non-hydrogen) atoms. The largest absolute Gasteiger partial charge is 0.392 e. The zero-order chi connectivity index (χ0) is 55.1. The van der Waals surface area contributed by atoms with E-state index >= 15 is 0 Å². The van der Waals surface area contributed by atoms with Crippen LogP contribution in [0.4, 0.5) is 0 Å². The lowest BCUT2D eigenvalue weighted by molar-refractivity contribution is -0.109. The van der Waals surface area contributed by atoms with Gasteiger partial charge in [-0.3, -0.25) is 19.4 Å². The van der Waals surface area contributed by atoms with E-state index in [1.165, 1.54) is 235 Å². The van der Waals surface area contributed by atoms with E-state index in [0.717, 1.165) is 77.0 Å². The fourth-order valence-corrected chi connectivity index (χ4v) is 12.1. The summed E-state index contributed by atoms with van der Waals surface area (Å²) < 4.78 is 0. The molecule has 446 valence electrons. The highest BCUT2D eigenvalue weighted by molar-refractivity contribution is 8.14. The fraction of sp³-hybridized carbons (Fsp3) is 0.938. The van der Waals surface area contributed by atoms with Gasteiger partial charge in [0.2, 0.25) is 10.2 Å². The second-order valence-electron chi connectivity index (χ2n) is 23.1. The van der Waals surface area contributed by atoms with Gasteiger partial charge in [-0.2, -0.15) is 0 Å². The van der Waals surface area contributed by atoms with Gasteiger partial charge in [0, 0.05) is 56.3 Å². The van der Waals surface area contributed by atoms with E-state index in [0.29, 0.717) is 56.3 Å². The van der Waals surface area contributed by atoms with Gasteiger partial charge in [0.1, 0.15) is 0 Å². The van der Waals surface area contributed by atoms with Crippen LogP contribution in [-0.2, 0) is 9.59 Å². The first-order chi connectivity index (χ1) is 36.6. The quantitative estimate of drug-likeness (QED) is 0.0346. The molecule has 0 fully saturated rings. The molecule has 0 saturated heterocycles. The van der Waals surface area contributed by atoms with Gasteiger partial charge in [-0.1, -0.05) is 308 Å². The molecular weight excluding hydrogens is 969 g/mol. The number of hydrogen-bond acceptors (Lipinski definition) is 10. The molecule has 10 heteroatoms. The summed E-state index contributed by atoms with van der Waals surface area (Å²) in [5.41, 5.74) is 0.432. The van der Waals surface area contributed by atoms with E-state index in [4.69, 9.17) is 0 Å². The first-order valence-corrected chi connectivity index (χ1v) is 34.7. The number of rotatable bonds is 60. The summed E-state index contributed by atoms with van der Waals surface area (Å²) in [6.07, 6.45) is 53.2. The molecule has 0 amide bonds. The summed E-state index contributed by atoms with van der Waals surface area (Å²) >= 11 is 2.42. The summed E-state index contributed by atoms with van der Waals surface area (Å²) in [7, 11) is 0. The Morgan fingerprint density at radius 2 is 0.560 bits per heavy atom. The minimum Gasteiger partial charge on any atom is -0.392 e. The molecule has 0 bridgehead atoms. The third-order valence-electron chi connectivity index (χ3n) is 15.4. The number of hydrogen-bond donors (Lipinski definition) is 4. The van der Waals surface area contributed by atoms with Crippen LogP contribution in [0.5, 0.6) is 0 Å². The molecule has 0 rings (SSSR count). The van der Waals surface area contributed by atoms with Crippen LogP contribution in [0.25, 0.3) is 0 Å². The SMILES string of the molecule is CCCCCCCCCCCCC(O)CN(CCSC(=O)/C=C(/C)C(=O)SCCN(CC(O)CCCCCCCCCCCC)CC(O)CCCCCCCCCCCC)CC(O)CCCCCCCCCCCC. The van der Waals surface area contributed by atoms with Gasteiger partial charge >= 0.3 is 0 Å². The maximum atomic E-state index is 13.3. The second kappa shape index (κ2) is 58.2. The number of aliphatic hydroxyl groups excluding tert-OH is 4. The van der Waals surface area contributed by atoms with Gasteiger partial charge in [-0.25, -0.2) is 0 Å².